The van der Waals surface area contributed by atoms with E-state index in [1.165, 1.54) is 11.8 Å². The molecule has 0 aliphatic heterocycles. The molecule has 1 unspecified atom stereocenters. The molecule has 2 rings (SSSR count). The Balaban J connectivity index is 2.01. The molecular weight excluding hydrogens is 358 g/mol. The van der Waals surface area contributed by atoms with Crippen LogP contribution in [0.3, 0.4) is 0 Å². The van der Waals surface area contributed by atoms with E-state index in [4.69, 9.17) is 0 Å². The van der Waals surface area contributed by atoms with E-state index in [2.05, 4.69) is 16.7 Å². The Bertz CT molecular complexity index is 845. The van der Waals surface area contributed by atoms with Crippen LogP contribution >= 0.6 is 11.8 Å². The fourth-order valence-corrected chi connectivity index (χ4v) is 3.37. The molecule has 0 saturated heterocycles. The molecule has 0 saturated carbocycles. The van der Waals surface area contributed by atoms with E-state index in [1.807, 2.05) is 44.2 Å². The van der Waals surface area contributed by atoms with Gasteiger partial charge in [-0.3, -0.25) is 9.59 Å². The number of hydrogen-bond donors (Lipinski definition) is 2. The lowest BCUT2D eigenvalue weighted by molar-refractivity contribution is -0.121. The van der Waals surface area contributed by atoms with Crippen LogP contribution in [0.4, 0.5) is 0 Å². The summed E-state index contributed by atoms with van der Waals surface area (Å²) in [6.45, 7) is 4.23. The second-order valence-corrected chi connectivity index (χ2v) is 7.17. The predicted octanol–water partition coefficient (Wildman–Crippen LogP) is 3.74. The van der Waals surface area contributed by atoms with Crippen molar-refractivity contribution in [3.63, 3.8) is 0 Å². The lowest BCUT2D eigenvalue weighted by atomic mass is 10.2. The number of rotatable bonds is 8. The van der Waals surface area contributed by atoms with Crippen LogP contribution in [-0.2, 0) is 4.79 Å². The first-order valence-corrected chi connectivity index (χ1v) is 9.70. The van der Waals surface area contributed by atoms with Crippen molar-refractivity contribution in [1.82, 2.24) is 10.6 Å². The van der Waals surface area contributed by atoms with E-state index in [-0.39, 0.29) is 30.8 Å². The number of carbonyl (C=O) groups is 2. The topological polar surface area (TPSA) is 82.0 Å². The molecule has 2 N–H and O–H groups in total. The van der Waals surface area contributed by atoms with Crippen LogP contribution in [0.2, 0.25) is 0 Å². The number of nitriles is 1. The van der Waals surface area contributed by atoms with Gasteiger partial charge in [-0.15, -0.1) is 0 Å². The smallest absolute Gasteiger partial charge is 0.252 e. The van der Waals surface area contributed by atoms with Crippen molar-refractivity contribution in [1.29, 1.82) is 5.26 Å². The monoisotopic (exact) mass is 381 g/mol. The zero-order valence-corrected chi connectivity index (χ0v) is 16.3. The molecule has 2 amide bonds. The number of hydrogen-bond acceptors (Lipinski definition) is 4. The lowest BCUT2D eigenvalue weighted by Crippen LogP contribution is -2.35. The molecule has 2 aromatic rings. The summed E-state index contributed by atoms with van der Waals surface area (Å²) in [5.74, 6) is -0.306. The molecule has 0 spiro atoms. The maximum Gasteiger partial charge on any atom is 0.252 e. The summed E-state index contributed by atoms with van der Waals surface area (Å²) < 4.78 is 0. The van der Waals surface area contributed by atoms with Crippen molar-refractivity contribution >= 4 is 23.6 Å². The van der Waals surface area contributed by atoms with Crippen molar-refractivity contribution in [2.24, 2.45) is 0 Å². The number of amides is 2. The van der Waals surface area contributed by atoms with Gasteiger partial charge in [-0.1, -0.05) is 43.0 Å². The third-order valence-corrected chi connectivity index (χ3v) is 5.17. The third kappa shape index (κ3) is 6.15. The summed E-state index contributed by atoms with van der Waals surface area (Å²) in [6, 6.07) is 16.8. The number of benzene rings is 2. The maximum atomic E-state index is 12.5. The maximum absolute atomic E-state index is 12.5. The number of nitrogens with one attached hydrogen (secondary N) is 2. The summed E-state index contributed by atoms with van der Waals surface area (Å²) in [6.07, 6.45) is 1.11. The average molecular weight is 382 g/mol. The Kier molecular flexibility index (Phi) is 7.90. The van der Waals surface area contributed by atoms with Crippen molar-refractivity contribution in [3.8, 4) is 6.07 Å². The van der Waals surface area contributed by atoms with Crippen LogP contribution in [0.5, 0.6) is 0 Å². The van der Waals surface area contributed by atoms with Crippen LogP contribution in [0.25, 0.3) is 0 Å². The summed E-state index contributed by atoms with van der Waals surface area (Å²) in [5, 5.41) is 14.9. The standard InChI is InChI=1S/C21H23N3O2S/c1-3-15(2)24-20(25)12-13-23-21(26)17-9-5-7-11-19(17)27-18-10-6-4-8-16(18)14-22/h4-11,15H,3,12-13H2,1-2H3,(H,23,26)(H,24,25). The van der Waals surface area contributed by atoms with Crippen LogP contribution in [0, 0.1) is 11.3 Å². The molecule has 0 aromatic heterocycles. The van der Waals surface area contributed by atoms with Crippen molar-refractivity contribution in [2.45, 2.75) is 42.5 Å². The van der Waals surface area contributed by atoms with E-state index in [0.29, 0.717) is 11.1 Å². The second-order valence-electron chi connectivity index (χ2n) is 6.09. The highest BCUT2D eigenvalue weighted by molar-refractivity contribution is 7.99. The van der Waals surface area contributed by atoms with Gasteiger partial charge in [-0.05, 0) is 37.6 Å². The van der Waals surface area contributed by atoms with Crippen LogP contribution in [0.1, 0.15) is 42.6 Å². The average Bonchev–Trinajstić information content (AvgIpc) is 2.68. The molecule has 5 nitrogen and oxygen atoms in total. The molecular formula is C21H23N3O2S. The van der Waals surface area contributed by atoms with Gasteiger partial charge in [-0.2, -0.15) is 5.26 Å². The summed E-state index contributed by atoms with van der Waals surface area (Å²) in [4.78, 5) is 25.9. The SMILES string of the molecule is CCC(C)NC(=O)CCNC(=O)c1ccccc1Sc1ccccc1C#N. The van der Waals surface area contributed by atoms with Gasteiger partial charge in [0.05, 0.1) is 11.1 Å². The van der Waals surface area contributed by atoms with Crippen molar-refractivity contribution in [2.75, 3.05) is 6.54 Å². The largest absolute Gasteiger partial charge is 0.354 e. The lowest BCUT2D eigenvalue weighted by Gasteiger charge is -2.12. The highest BCUT2D eigenvalue weighted by atomic mass is 32.2. The molecule has 0 fully saturated rings. The van der Waals surface area contributed by atoms with Gasteiger partial charge in [0, 0.05) is 28.8 Å². The van der Waals surface area contributed by atoms with Gasteiger partial charge in [-0.25, -0.2) is 0 Å². The van der Waals surface area contributed by atoms with E-state index in [9.17, 15) is 14.9 Å². The quantitative estimate of drug-likeness (QED) is 0.730. The molecule has 2 aromatic carbocycles. The minimum Gasteiger partial charge on any atom is -0.354 e. The summed E-state index contributed by atoms with van der Waals surface area (Å²) >= 11 is 1.38. The Hall–Kier alpha value is -2.78. The van der Waals surface area contributed by atoms with Gasteiger partial charge in [0.1, 0.15) is 6.07 Å². The van der Waals surface area contributed by atoms with E-state index < -0.39 is 0 Å². The number of carbonyl (C=O) groups excluding carboxylic acids is 2. The Morgan fingerprint density at radius 1 is 1.11 bits per heavy atom. The van der Waals surface area contributed by atoms with Gasteiger partial charge in [0.25, 0.3) is 5.91 Å². The van der Waals surface area contributed by atoms with Crippen LogP contribution < -0.4 is 10.6 Å². The molecule has 1 atom stereocenters. The first kappa shape index (κ1) is 20.5. The molecule has 6 heteroatoms. The molecule has 0 aliphatic carbocycles. The molecule has 0 bridgehead atoms. The Morgan fingerprint density at radius 3 is 2.48 bits per heavy atom. The zero-order valence-electron chi connectivity index (χ0n) is 15.5. The minimum absolute atomic E-state index is 0.0738. The molecule has 140 valence electrons. The predicted molar refractivity (Wildman–Crippen MR) is 107 cm³/mol. The third-order valence-electron chi connectivity index (χ3n) is 4.02. The zero-order chi connectivity index (χ0) is 19.6. The molecule has 0 radical (unpaired) electrons. The van der Waals surface area contributed by atoms with Crippen molar-refractivity contribution < 1.29 is 9.59 Å². The highest BCUT2D eigenvalue weighted by Crippen LogP contribution is 2.32. The Labute approximate surface area is 164 Å². The first-order chi connectivity index (χ1) is 13.0. The molecule has 27 heavy (non-hydrogen) atoms. The highest BCUT2D eigenvalue weighted by Gasteiger charge is 2.14. The van der Waals surface area contributed by atoms with Gasteiger partial charge >= 0.3 is 0 Å². The summed E-state index contributed by atoms with van der Waals surface area (Å²) in [5.41, 5.74) is 1.09. The van der Waals surface area contributed by atoms with Crippen LogP contribution in [-0.4, -0.2) is 24.4 Å². The number of nitrogens with zero attached hydrogens (tertiary/aromatic N) is 1. The first-order valence-electron chi connectivity index (χ1n) is 8.88. The van der Waals surface area contributed by atoms with Crippen molar-refractivity contribution in [3.05, 3.63) is 59.7 Å². The van der Waals surface area contributed by atoms with E-state index in [0.717, 1.165) is 16.2 Å². The molecule has 0 aliphatic rings. The molecule has 0 heterocycles. The van der Waals surface area contributed by atoms with E-state index >= 15 is 0 Å². The van der Waals surface area contributed by atoms with Gasteiger partial charge < -0.3 is 10.6 Å². The fourth-order valence-electron chi connectivity index (χ4n) is 2.34. The van der Waals surface area contributed by atoms with Gasteiger partial charge in [0.2, 0.25) is 5.91 Å². The van der Waals surface area contributed by atoms with Gasteiger partial charge in [0.15, 0.2) is 0 Å². The van der Waals surface area contributed by atoms with E-state index in [1.54, 1.807) is 18.2 Å². The Morgan fingerprint density at radius 2 is 1.78 bits per heavy atom. The fraction of sp³-hybridized carbons (Fsp3) is 0.286. The normalized spacial score (nSPS) is 11.3. The van der Waals surface area contributed by atoms with Crippen LogP contribution in [0.15, 0.2) is 58.3 Å². The minimum atomic E-state index is -0.233. The summed E-state index contributed by atoms with van der Waals surface area (Å²) in [7, 11) is 0. The second kappa shape index (κ2) is 10.4.